The van der Waals surface area contributed by atoms with Gasteiger partial charge in [-0.2, -0.15) is 13.2 Å². The predicted octanol–water partition coefficient (Wildman–Crippen LogP) is 3.84. The molecule has 0 aliphatic carbocycles. The first-order valence-corrected chi connectivity index (χ1v) is 6.37. The summed E-state index contributed by atoms with van der Waals surface area (Å²) in [7, 11) is 0. The van der Waals surface area contributed by atoms with Crippen LogP contribution in [-0.4, -0.2) is 16.2 Å². The minimum Gasteiger partial charge on any atom is -0.475 e. The Morgan fingerprint density at radius 2 is 1.90 bits per heavy atom. The van der Waals surface area contributed by atoms with Gasteiger partial charge < -0.3 is 14.6 Å². The second kappa shape index (κ2) is 5.53. The van der Waals surface area contributed by atoms with Gasteiger partial charge in [0.25, 0.3) is 0 Å². The van der Waals surface area contributed by atoms with Gasteiger partial charge in [0.05, 0.1) is 5.56 Å². The average molecular weight is 365 g/mol. The predicted molar refractivity (Wildman–Crippen MR) is 68.9 cm³/mol. The highest BCUT2D eigenvalue weighted by Gasteiger charge is 2.32. The van der Waals surface area contributed by atoms with Gasteiger partial charge in [-0.25, -0.2) is 4.79 Å². The van der Waals surface area contributed by atoms with Crippen LogP contribution in [0.5, 0.6) is 0 Å². The lowest BCUT2D eigenvalue weighted by Gasteiger charge is -2.14. The Balaban J connectivity index is 2.42. The third-order valence-corrected chi connectivity index (χ3v) is 3.45. The Kier molecular flexibility index (Phi) is 4.11. The number of carboxylic acid groups (broad SMARTS) is 1. The summed E-state index contributed by atoms with van der Waals surface area (Å²) in [4.78, 5) is 10.7. The molecule has 1 atom stereocenters. The van der Waals surface area contributed by atoms with E-state index >= 15 is 0 Å². The van der Waals surface area contributed by atoms with Gasteiger partial charge >= 0.3 is 12.1 Å². The summed E-state index contributed by atoms with van der Waals surface area (Å²) in [5.74, 6) is -1.91. The maximum absolute atomic E-state index is 12.7. The molecule has 0 saturated carbocycles. The maximum Gasteiger partial charge on any atom is 0.416 e. The number of carboxylic acids is 1. The zero-order chi connectivity index (χ0) is 15.8. The SMILES string of the molecule is O=C(O)c1ccc(C(O)c2cc(C(F)(F)F)ccc2Br)o1. The van der Waals surface area contributed by atoms with E-state index in [-0.39, 0.29) is 15.8 Å². The van der Waals surface area contributed by atoms with Crippen molar-refractivity contribution < 1.29 is 32.6 Å². The summed E-state index contributed by atoms with van der Waals surface area (Å²) in [6.07, 6.45) is -6.07. The fourth-order valence-electron chi connectivity index (χ4n) is 1.70. The molecule has 0 spiro atoms. The highest BCUT2D eigenvalue weighted by Crippen LogP contribution is 2.36. The number of rotatable bonds is 3. The molecular formula is C13H8BrF3O4. The van der Waals surface area contributed by atoms with Crippen molar-refractivity contribution in [3.05, 3.63) is 57.5 Å². The quantitative estimate of drug-likeness (QED) is 0.867. The van der Waals surface area contributed by atoms with Gasteiger partial charge in [0.15, 0.2) is 0 Å². The van der Waals surface area contributed by atoms with E-state index in [0.29, 0.717) is 0 Å². The first kappa shape index (κ1) is 15.6. The molecule has 21 heavy (non-hydrogen) atoms. The molecule has 2 rings (SSSR count). The van der Waals surface area contributed by atoms with Crippen molar-refractivity contribution in [3.63, 3.8) is 0 Å². The van der Waals surface area contributed by atoms with Gasteiger partial charge in [-0.1, -0.05) is 15.9 Å². The molecule has 0 aliphatic heterocycles. The van der Waals surface area contributed by atoms with Crippen LogP contribution in [0.3, 0.4) is 0 Å². The minimum atomic E-state index is -4.55. The number of halogens is 4. The molecule has 1 unspecified atom stereocenters. The Morgan fingerprint density at radius 3 is 2.43 bits per heavy atom. The molecule has 0 aliphatic rings. The van der Waals surface area contributed by atoms with Crippen molar-refractivity contribution in [1.82, 2.24) is 0 Å². The fourth-order valence-corrected chi connectivity index (χ4v) is 2.16. The van der Waals surface area contributed by atoms with Crippen LogP contribution in [0.4, 0.5) is 13.2 Å². The van der Waals surface area contributed by atoms with E-state index in [4.69, 9.17) is 9.52 Å². The number of hydrogen-bond acceptors (Lipinski definition) is 3. The molecule has 1 aromatic heterocycles. The normalized spacial score (nSPS) is 13.2. The van der Waals surface area contributed by atoms with E-state index in [9.17, 15) is 23.1 Å². The van der Waals surface area contributed by atoms with E-state index in [1.54, 1.807) is 0 Å². The van der Waals surface area contributed by atoms with E-state index in [1.165, 1.54) is 6.07 Å². The maximum atomic E-state index is 12.7. The second-order valence-electron chi connectivity index (χ2n) is 4.14. The van der Waals surface area contributed by atoms with Crippen LogP contribution in [0.1, 0.15) is 33.5 Å². The van der Waals surface area contributed by atoms with E-state index < -0.39 is 29.6 Å². The van der Waals surface area contributed by atoms with Crippen molar-refractivity contribution in [2.75, 3.05) is 0 Å². The number of hydrogen-bond donors (Lipinski definition) is 2. The van der Waals surface area contributed by atoms with Crippen LogP contribution < -0.4 is 0 Å². The Morgan fingerprint density at radius 1 is 1.24 bits per heavy atom. The highest BCUT2D eigenvalue weighted by molar-refractivity contribution is 9.10. The summed E-state index contributed by atoms with van der Waals surface area (Å²) >= 11 is 3.05. The van der Waals surface area contributed by atoms with Gasteiger partial charge in [0.1, 0.15) is 11.9 Å². The van der Waals surface area contributed by atoms with Gasteiger partial charge in [0, 0.05) is 10.0 Å². The standard InChI is InChI=1S/C13H8BrF3O4/c14-8-2-1-6(13(15,16)17)5-7(8)11(18)9-3-4-10(21-9)12(19)20/h1-5,11,18H,(H,19,20). The lowest BCUT2D eigenvalue weighted by molar-refractivity contribution is -0.137. The van der Waals surface area contributed by atoms with Gasteiger partial charge in [-0.05, 0) is 30.3 Å². The molecule has 0 saturated heterocycles. The molecule has 0 amide bonds. The van der Waals surface area contributed by atoms with Crippen molar-refractivity contribution in [3.8, 4) is 0 Å². The van der Waals surface area contributed by atoms with Gasteiger partial charge in [-0.15, -0.1) is 0 Å². The number of aromatic carboxylic acids is 1. The average Bonchev–Trinajstić information content (AvgIpc) is 2.86. The number of alkyl halides is 3. The van der Waals surface area contributed by atoms with Crippen molar-refractivity contribution in [2.45, 2.75) is 12.3 Å². The summed E-state index contributed by atoms with van der Waals surface area (Å²) in [6, 6.07) is 5.11. The van der Waals surface area contributed by atoms with E-state index in [1.807, 2.05) is 0 Å². The first-order chi connectivity index (χ1) is 9.70. The van der Waals surface area contributed by atoms with E-state index in [2.05, 4.69) is 15.9 Å². The number of aliphatic hydroxyl groups is 1. The summed E-state index contributed by atoms with van der Waals surface area (Å²) in [5.41, 5.74) is -0.999. The molecule has 4 nitrogen and oxygen atoms in total. The molecule has 112 valence electrons. The lowest BCUT2D eigenvalue weighted by Crippen LogP contribution is -2.08. The third kappa shape index (κ3) is 3.27. The summed E-state index contributed by atoms with van der Waals surface area (Å²) in [5, 5.41) is 18.8. The van der Waals surface area contributed by atoms with Gasteiger partial charge in [0.2, 0.25) is 5.76 Å². The lowest BCUT2D eigenvalue weighted by atomic mass is 10.0. The Bertz CT molecular complexity index is 678. The summed E-state index contributed by atoms with van der Waals surface area (Å²) in [6.45, 7) is 0. The number of furan rings is 1. The van der Waals surface area contributed by atoms with Crippen molar-refractivity contribution in [2.24, 2.45) is 0 Å². The molecule has 0 radical (unpaired) electrons. The molecule has 1 heterocycles. The molecule has 0 bridgehead atoms. The van der Waals surface area contributed by atoms with Crippen LogP contribution in [0.25, 0.3) is 0 Å². The number of carbonyl (C=O) groups is 1. The van der Waals surface area contributed by atoms with Crippen LogP contribution in [0.15, 0.2) is 39.2 Å². The van der Waals surface area contributed by atoms with Crippen LogP contribution >= 0.6 is 15.9 Å². The number of benzene rings is 1. The van der Waals surface area contributed by atoms with Crippen molar-refractivity contribution >= 4 is 21.9 Å². The Hall–Kier alpha value is -1.80. The molecule has 8 heteroatoms. The van der Waals surface area contributed by atoms with Gasteiger partial charge in [-0.3, -0.25) is 0 Å². The largest absolute Gasteiger partial charge is 0.475 e. The molecule has 2 N–H and O–H groups in total. The van der Waals surface area contributed by atoms with Crippen LogP contribution in [0, 0.1) is 0 Å². The first-order valence-electron chi connectivity index (χ1n) is 5.58. The zero-order valence-electron chi connectivity index (χ0n) is 10.2. The second-order valence-corrected chi connectivity index (χ2v) is 5.00. The minimum absolute atomic E-state index is 0.0730. The third-order valence-electron chi connectivity index (χ3n) is 2.72. The zero-order valence-corrected chi connectivity index (χ0v) is 11.8. The molecular weight excluding hydrogens is 357 g/mol. The fraction of sp³-hybridized carbons (Fsp3) is 0.154. The van der Waals surface area contributed by atoms with Crippen LogP contribution in [-0.2, 0) is 6.18 Å². The topological polar surface area (TPSA) is 70.7 Å². The molecule has 2 aromatic rings. The molecule has 0 fully saturated rings. The van der Waals surface area contributed by atoms with E-state index in [0.717, 1.165) is 24.3 Å². The Labute approximate surface area is 124 Å². The summed E-state index contributed by atoms with van der Waals surface area (Å²) < 4.78 is 43.2. The highest BCUT2D eigenvalue weighted by atomic mass is 79.9. The monoisotopic (exact) mass is 364 g/mol. The van der Waals surface area contributed by atoms with Crippen molar-refractivity contribution in [1.29, 1.82) is 0 Å². The smallest absolute Gasteiger partial charge is 0.416 e. The van der Waals surface area contributed by atoms with Crippen LogP contribution in [0.2, 0.25) is 0 Å². The molecule has 1 aromatic carbocycles. The number of aliphatic hydroxyl groups excluding tert-OH is 1.